The predicted molar refractivity (Wildman–Crippen MR) is 132 cm³/mol. The molecule has 0 spiro atoms. The van der Waals surface area contributed by atoms with E-state index in [9.17, 15) is 9.18 Å². The number of halogens is 1. The summed E-state index contributed by atoms with van der Waals surface area (Å²) in [4.78, 5) is 17.6. The number of benzene rings is 2. The lowest BCUT2D eigenvalue weighted by Crippen LogP contribution is -2.35. The Kier molecular flexibility index (Phi) is 7.13. The minimum Gasteiger partial charge on any atom is -0.309 e. The Morgan fingerprint density at radius 2 is 1.82 bits per heavy atom. The van der Waals surface area contributed by atoms with E-state index in [0.717, 1.165) is 22.3 Å². The first-order valence-corrected chi connectivity index (χ1v) is 11.2. The van der Waals surface area contributed by atoms with Gasteiger partial charge in [-0.3, -0.25) is 9.48 Å². The van der Waals surface area contributed by atoms with Crippen molar-refractivity contribution < 1.29 is 9.18 Å². The molecule has 0 fully saturated rings. The van der Waals surface area contributed by atoms with Gasteiger partial charge in [0.2, 0.25) is 5.91 Å². The number of rotatable bonds is 8. The lowest BCUT2D eigenvalue weighted by Gasteiger charge is -2.21. The van der Waals surface area contributed by atoms with E-state index in [1.807, 2.05) is 62.6 Å². The Morgan fingerprint density at radius 3 is 2.47 bits per heavy atom. The molecule has 0 aliphatic heterocycles. The van der Waals surface area contributed by atoms with E-state index in [0.29, 0.717) is 17.9 Å². The maximum atomic E-state index is 14.0. The van der Waals surface area contributed by atoms with Crippen LogP contribution in [-0.2, 0) is 11.8 Å². The number of hydrogen-bond acceptors (Lipinski definition) is 4. The number of aryl methyl sites for hydroxylation is 2. The highest BCUT2D eigenvalue weighted by Crippen LogP contribution is 2.22. The number of nitrogens with zero attached hydrogens (tertiary/aromatic N) is 3. The number of nitrogens with one attached hydrogen (secondary N) is 2. The van der Waals surface area contributed by atoms with E-state index in [-0.39, 0.29) is 17.6 Å². The summed E-state index contributed by atoms with van der Waals surface area (Å²) in [6, 6.07) is 17.9. The second-order valence-corrected chi connectivity index (χ2v) is 8.49. The van der Waals surface area contributed by atoms with Crippen LogP contribution in [0.3, 0.4) is 0 Å². The standard InChI is InChI=1S/C27H28FN5O/c1-18-9-10-21(13-24(18)28)19(2)14-30-26(20-7-5-4-6-8-20)27(34)32-25-12-11-22(15-29-25)23-16-31-33(3)17-23/h4-13,15-17,19,26,30H,14H2,1-3H3,(H,29,32,34)/t19-,26-/m1/s1. The molecule has 2 heterocycles. The Labute approximate surface area is 198 Å². The fourth-order valence-corrected chi connectivity index (χ4v) is 3.74. The zero-order chi connectivity index (χ0) is 24.1. The molecule has 2 N–H and O–H groups in total. The van der Waals surface area contributed by atoms with E-state index in [1.165, 1.54) is 0 Å². The number of pyridine rings is 1. The third kappa shape index (κ3) is 5.55. The fourth-order valence-electron chi connectivity index (χ4n) is 3.74. The van der Waals surface area contributed by atoms with Gasteiger partial charge in [0.05, 0.1) is 6.20 Å². The summed E-state index contributed by atoms with van der Waals surface area (Å²) < 4.78 is 15.7. The van der Waals surface area contributed by atoms with Crippen molar-refractivity contribution in [2.45, 2.75) is 25.8 Å². The summed E-state index contributed by atoms with van der Waals surface area (Å²) >= 11 is 0. The van der Waals surface area contributed by atoms with Gasteiger partial charge in [-0.25, -0.2) is 9.37 Å². The molecular weight excluding hydrogens is 429 g/mol. The van der Waals surface area contributed by atoms with Gasteiger partial charge in [-0.15, -0.1) is 0 Å². The van der Waals surface area contributed by atoms with Gasteiger partial charge in [0.1, 0.15) is 17.7 Å². The summed E-state index contributed by atoms with van der Waals surface area (Å²) in [7, 11) is 1.86. The van der Waals surface area contributed by atoms with E-state index in [1.54, 1.807) is 42.2 Å². The van der Waals surface area contributed by atoms with Crippen LogP contribution in [0.5, 0.6) is 0 Å². The van der Waals surface area contributed by atoms with Gasteiger partial charge in [0, 0.05) is 37.1 Å². The van der Waals surface area contributed by atoms with Crippen LogP contribution < -0.4 is 10.6 Å². The van der Waals surface area contributed by atoms with Crippen molar-refractivity contribution in [3.05, 3.63) is 102 Å². The minimum absolute atomic E-state index is 0.0194. The van der Waals surface area contributed by atoms with Gasteiger partial charge in [-0.05, 0) is 47.7 Å². The topological polar surface area (TPSA) is 71.8 Å². The highest BCUT2D eigenvalue weighted by atomic mass is 19.1. The Balaban J connectivity index is 1.47. The molecule has 1 amide bonds. The van der Waals surface area contributed by atoms with Crippen LogP contribution in [0, 0.1) is 12.7 Å². The Morgan fingerprint density at radius 1 is 1.03 bits per heavy atom. The van der Waals surface area contributed by atoms with Gasteiger partial charge in [0.25, 0.3) is 0 Å². The van der Waals surface area contributed by atoms with Gasteiger partial charge in [0.15, 0.2) is 0 Å². The molecule has 0 radical (unpaired) electrons. The maximum absolute atomic E-state index is 14.0. The number of amides is 1. The van der Waals surface area contributed by atoms with Crippen LogP contribution >= 0.6 is 0 Å². The number of aromatic nitrogens is 3. The van der Waals surface area contributed by atoms with Crippen molar-refractivity contribution in [2.24, 2.45) is 7.05 Å². The lowest BCUT2D eigenvalue weighted by atomic mass is 9.98. The van der Waals surface area contributed by atoms with Crippen LogP contribution in [0.15, 0.2) is 79.3 Å². The van der Waals surface area contributed by atoms with E-state index in [4.69, 9.17) is 0 Å². The van der Waals surface area contributed by atoms with Crippen LogP contribution in [0.1, 0.15) is 35.6 Å². The van der Waals surface area contributed by atoms with Crippen molar-refractivity contribution in [1.29, 1.82) is 0 Å². The van der Waals surface area contributed by atoms with Crippen LogP contribution in [0.2, 0.25) is 0 Å². The molecule has 2 atom stereocenters. The quantitative estimate of drug-likeness (QED) is 0.391. The van der Waals surface area contributed by atoms with Crippen LogP contribution in [0.25, 0.3) is 11.1 Å². The summed E-state index contributed by atoms with van der Waals surface area (Å²) in [5, 5.41) is 10.4. The lowest BCUT2D eigenvalue weighted by molar-refractivity contribution is -0.118. The normalized spacial score (nSPS) is 12.8. The number of hydrogen-bond donors (Lipinski definition) is 2. The largest absolute Gasteiger partial charge is 0.309 e. The van der Waals surface area contributed by atoms with Gasteiger partial charge >= 0.3 is 0 Å². The molecular formula is C27H28FN5O. The molecule has 0 aliphatic rings. The van der Waals surface area contributed by atoms with Crippen molar-refractivity contribution in [3.8, 4) is 11.1 Å². The molecule has 4 aromatic rings. The maximum Gasteiger partial charge on any atom is 0.247 e. The third-order valence-corrected chi connectivity index (χ3v) is 5.84. The molecule has 6 nitrogen and oxygen atoms in total. The molecule has 0 aliphatic carbocycles. The van der Waals surface area contributed by atoms with E-state index < -0.39 is 6.04 Å². The van der Waals surface area contributed by atoms with Gasteiger partial charge < -0.3 is 10.6 Å². The highest BCUT2D eigenvalue weighted by Gasteiger charge is 2.22. The molecule has 7 heteroatoms. The second-order valence-electron chi connectivity index (χ2n) is 8.49. The average Bonchev–Trinajstić information content (AvgIpc) is 3.28. The predicted octanol–water partition coefficient (Wildman–Crippen LogP) is 5.00. The molecule has 34 heavy (non-hydrogen) atoms. The molecule has 2 aromatic carbocycles. The highest BCUT2D eigenvalue weighted by molar-refractivity contribution is 5.95. The zero-order valence-electron chi connectivity index (χ0n) is 19.5. The van der Waals surface area contributed by atoms with Crippen molar-refractivity contribution >= 4 is 11.7 Å². The Hall–Kier alpha value is -3.84. The zero-order valence-corrected chi connectivity index (χ0v) is 19.5. The smallest absolute Gasteiger partial charge is 0.247 e. The molecule has 0 saturated heterocycles. The van der Waals surface area contributed by atoms with E-state index >= 15 is 0 Å². The monoisotopic (exact) mass is 457 g/mol. The molecule has 0 saturated carbocycles. The average molecular weight is 458 g/mol. The molecule has 0 bridgehead atoms. The first-order chi connectivity index (χ1) is 16.4. The SMILES string of the molecule is Cc1ccc([C@H](C)CN[C@@H](C(=O)Nc2ccc(-c3cnn(C)c3)cn2)c2ccccc2)cc1F. The van der Waals surface area contributed by atoms with E-state index in [2.05, 4.69) is 20.7 Å². The Bertz CT molecular complexity index is 1250. The summed E-state index contributed by atoms with van der Waals surface area (Å²) in [6.45, 7) is 4.26. The fraction of sp³-hybridized carbons (Fsp3) is 0.222. The first-order valence-electron chi connectivity index (χ1n) is 11.2. The van der Waals surface area contributed by atoms with Crippen molar-refractivity contribution in [1.82, 2.24) is 20.1 Å². The number of carbonyl (C=O) groups excluding carboxylic acids is 1. The van der Waals surface area contributed by atoms with Gasteiger partial charge in [-0.1, -0.05) is 49.4 Å². The second kappa shape index (κ2) is 10.4. The van der Waals surface area contributed by atoms with Crippen LogP contribution in [-0.4, -0.2) is 27.2 Å². The summed E-state index contributed by atoms with van der Waals surface area (Å²) in [6.07, 6.45) is 5.39. The van der Waals surface area contributed by atoms with Crippen molar-refractivity contribution in [3.63, 3.8) is 0 Å². The number of carbonyl (C=O) groups is 1. The van der Waals surface area contributed by atoms with Crippen LogP contribution in [0.4, 0.5) is 10.2 Å². The molecule has 2 aromatic heterocycles. The van der Waals surface area contributed by atoms with Gasteiger partial charge in [-0.2, -0.15) is 5.10 Å². The third-order valence-electron chi connectivity index (χ3n) is 5.84. The summed E-state index contributed by atoms with van der Waals surface area (Å²) in [5.41, 5.74) is 4.22. The summed E-state index contributed by atoms with van der Waals surface area (Å²) in [5.74, 6) is 0.0534. The molecule has 0 unspecified atom stereocenters. The molecule has 174 valence electrons. The molecule has 4 rings (SSSR count). The first kappa shape index (κ1) is 23.3. The minimum atomic E-state index is -0.584. The van der Waals surface area contributed by atoms with Crippen molar-refractivity contribution in [2.75, 3.05) is 11.9 Å². The number of anilines is 1.